The minimum Gasteiger partial charge on any atom is -0.480 e. The number of hydrogen-bond acceptors (Lipinski definition) is 7. The van der Waals surface area contributed by atoms with Crippen molar-refractivity contribution in [2.45, 2.75) is 56.3 Å². The number of H-pyrrole nitrogens is 1. The number of rotatable bonds is 17. The van der Waals surface area contributed by atoms with E-state index in [-0.39, 0.29) is 31.6 Å². The lowest BCUT2D eigenvalue weighted by Gasteiger charge is -2.25. The molecular weight excluding hydrogens is 566 g/mol. The molecule has 0 fully saturated rings. The summed E-state index contributed by atoms with van der Waals surface area (Å²) in [5.41, 5.74) is 18.7. The van der Waals surface area contributed by atoms with Crippen molar-refractivity contribution in [2.24, 2.45) is 22.2 Å². The maximum absolute atomic E-state index is 13.6. The molecule has 0 radical (unpaired) electrons. The summed E-state index contributed by atoms with van der Waals surface area (Å²) in [6, 6.07) is 13.4. The fourth-order valence-corrected chi connectivity index (χ4v) is 4.41. The molecular formula is C30H39N9O5. The Morgan fingerprint density at radius 2 is 1.32 bits per heavy atom. The number of aromatic amines is 1. The SMILES string of the molecule is NC(N)=NCCCC(N)C(=O)NC(Cc1cnc[nH]1)C(=O)NC(Cc1ccccc1)C(=O)NC(Cc1ccccc1)C(=O)O. The normalized spacial score (nSPS) is 13.5. The number of guanidine groups is 1. The number of imidazole rings is 1. The molecule has 0 bridgehead atoms. The van der Waals surface area contributed by atoms with Crippen molar-refractivity contribution < 1.29 is 24.3 Å². The van der Waals surface area contributed by atoms with Crippen LogP contribution in [0.3, 0.4) is 0 Å². The van der Waals surface area contributed by atoms with Gasteiger partial charge in [0.25, 0.3) is 0 Å². The molecule has 0 spiro atoms. The lowest BCUT2D eigenvalue weighted by atomic mass is 10.0. The van der Waals surface area contributed by atoms with Gasteiger partial charge in [-0.15, -0.1) is 0 Å². The van der Waals surface area contributed by atoms with Gasteiger partial charge in [0, 0.05) is 37.7 Å². The van der Waals surface area contributed by atoms with Crippen LogP contribution in [0.2, 0.25) is 0 Å². The Labute approximate surface area is 254 Å². The molecule has 44 heavy (non-hydrogen) atoms. The van der Waals surface area contributed by atoms with E-state index in [0.29, 0.717) is 18.7 Å². The molecule has 14 heteroatoms. The number of nitrogens with two attached hydrogens (primary N) is 3. The number of amides is 3. The Balaban J connectivity index is 1.77. The van der Waals surface area contributed by atoms with Gasteiger partial charge in [0.1, 0.15) is 18.1 Å². The van der Waals surface area contributed by atoms with Gasteiger partial charge in [-0.25, -0.2) is 9.78 Å². The second kappa shape index (κ2) is 17.0. The standard InChI is InChI=1S/C30H39N9O5/c31-22(12-7-13-35-30(32)33)26(40)37-24(16-21-17-34-18-36-21)28(42)38-23(14-19-8-3-1-4-9-19)27(41)39-25(29(43)44)15-20-10-5-2-6-11-20/h1-6,8-11,17-18,22-25H,7,12-16,31H2,(H,34,36)(H,37,40)(H,38,42)(H,39,41)(H,43,44)(H4,32,33,35). The smallest absolute Gasteiger partial charge is 0.326 e. The summed E-state index contributed by atoms with van der Waals surface area (Å²) in [5, 5.41) is 17.8. The van der Waals surface area contributed by atoms with Gasteiger partial charge in [0.2, 0.25) is 17.7 Å². The van der Waals surface area contributed by atoms with Crippen LogP contribution in [0.1, 0.15) is 29.7 Å². The van der Waals surface area contributed by atoms with E-state index < -0.39 is 47.9 Å². The lowest BCUT2D eigenvalue weighted by Crippen LogP contribution is -2.58. The average Bonchev–Trinajstić information content (AvgIpc) is 3.52. The summed E-state index contributed by atoms with van der Waals surface area (Å²) in [6.45, 7) is 0.291. The fourth-order valence-electron chi connectivity index (χ4n) is 4.41. The molecule has 1 aromatic heterocycles. The zero-order valence-corrected chi connectivity index (χ0v) is 24.2. The van der Waals surface area contributed by atoms with Crippen LogP contribution in [0.4, 0.5) is 0 Å². The first-order chi connectivity index (χ1) is 21.1. The quantitative estimate of drug-likeness (QED) is 0.0553. The molecule has 3 aromatic rings. The third-order valence-corrected chi connectivity index (χ3v) is 6.73. The molecule has 3 rings (SSSR count). The number of nitrogens with zero attached hydrogens (tertiary/aromatic N) is 2. The number of nitrogens with one attached hydrogen (secondary N) is 4. The van der Waals surface area contributed by atoms with Gasteiger partial charge in [-0.1, -0.05) is 60.7 Å². The van der Waals surface area contributed by atoms with Gasteiger partial charge in [-0.2, -0.15) is 0 Å². The molecule has 0 saturated heterocycles. The van der Waals surface area contributed by atoms with Crippen LogP contribution in [0, 0.1) is 0 Å². The van der Waals surface area contributed by atoms with E-state index in [0.717, 1.165) is 11.1 Å². The summed E-state index contributed by atoms with van der Waals surface area (Å²) in [6.07, 6.45) is 3.81. The highest BCUT2D eigenvalue weighted by molar-refractivity contribution is 5.94. The monoisotopic (exact) mass is 605 g/mol. The highest BCUT2D eigenvalue weighted by atomic mass is 16.4. The number of carbonyl (C=O) groups is 4. The van der Waals surface area contributed by atoms with E-state index in [1.165, 1.54) is 12.5 Å². The molecule has 0 aliphatic heterocycles. The zero-order chi connectivity index (χ0) is 31.9. The van der Waals surface area contributed by atoms with E-state index >= 15 is 0 Å². The Bertz CT molecular complexity index is 1380. The van der Waals surface area contributed by atoms with Crippen molar-refractivity contribution in [3.05, 3.63) is 90.0 Å². The summed E-state index contributed by atoms with van der Waals surface area (Å²) in [4.78, 5) is 62.9. The number of benzene rings is 2. The maximum atomic E-state index is 13.6. The molecule has 14 nitrogen and oxygen atoms in total. The molecule has 234 valence electrons. The Morgan fingerprint density at radius 3 is 1.84 bits per heavy atom. The molecule has 4 atom stereocenters. The molecule has 3 amide bonds. The molecule has 0 aliphatic rings. The fraction of sp³-hybridized carbons (Fsp3) is 0.333. The summed E-state index contributed by atoms with van der Waals surface area (Å²) in [5.74, 6) is -3.21. The van der Waals surface area contributed by atoms with E-state index in [9.17, 15) is 24.3 Å². The van der Waals surface area contributed by atoms with Crippen LogP contribution in [-0.2, 0) is 38.4 Å². The third-order valence-electron chi connectivity index (χ3n) is 6.73. The Hall–Kier alpha value is -5.24. The van der Waals surface area contributed by atoms with Crippen molar-refractivity contribution in [2.75, 3.05) is 6.54 Å². The van der Waals surface area contributed by atoms with Gasteiger partial charge in [0.15, 0.2) is 5.96 Å². The molecule has 1 heterocycles. The summed E-state index contributed by atoms with van der Waals surface area (Å²) in [7, 11) is 0. The highest BCUT2D eigenvalue weighted by Gasteiger charge is 2.31. The molecule has 11 N–H and O–H groups in total. The van der Waals surface area contributed by atoms with E-state index in [2.05, 4.69) is 30.9 Å². The van der Waals surface area contributed by atoms with E-state index in [4.69, 9.17) is 17.2 Å². The minimum atomic E-state index is -1.24. The van der Waals surface area contributed by atoms with Gasteiger partial charge >= 0.3 is 5.97 Å². The van der Waals surface area contributed by atoms with E-state index in [1.54, 1.807) is 54.6 Å². The number of aromatic nitrogens is 2. The second-order valence-corrected chi connectivity index (χ2v) is 10.2. The molecule has 0 saturated carbocycles. The second-order valence-electron chi connectivity index (χ2n) is 10.2. The van der Waals surface area contributed by atoms with Crippen molar-refractivity contribution in [3.8, 4) is 0 Å². The van der Waals surface area contributed by atoms with Crippen LogP contribution >= 0.6 is 0 Å². The lowest BCUT2D eigenvalue weighted by molar-refractivity contribution is -0.142. The van der Waals surface area contributed by atoms with Gasteiger partial charge in [-0.3, -0.25) is 19.4 Å². The van der Waals surface area contributed by atoms with Gasteiger partial charge in [0.05, 0.1) is 12.4 Å². The number of carbonyl (C=O) groups excluding carboxylic acids is 3. The number of carboxylic acids is 1. The van der Waals surface area contributed by atoms with Gasteiger partial charge < -0.3 is 43.2 Å². The number of aliphatic imine (C=N–C) groups is 1. The topological polar surface area (TPSA) is 244 Å². The van der Waals surface area contributed by atoms with Crippen molar-refractivity contribution in [1.29, 1.82) is 0 Å². The van der Waals surface area contributed by atoms with Crippen molar-refractivity contribution in [1.82, 2.24) is 25.9 Å². The predicted octanol–water partition coefficient (Wildman–Crippen LogP) is -0.642. The Kier molecular flexibility index (Phi) is 12.9. The largest absolute Gasteiger partial charge is 0.480 e. The van der Waals surface area contributed by atoms with Crippen molar-refractivity contribution >= 4 is 29.7 Å². The Morgan fingerprint density at radius 1 is 0.795 bits per heavy atom. The first kappa shape index (κ1) is 33.3. The van der Waals surface area contributed by atoms with Crippen LogP contribution < -0.4 is 33.2 Å². The minimum absolute atomic E-state index is 0.0315. The number of hydrogen-bond donors (Lipinski definition) is 8. The van der Waals surface area contributed by atoms with Crippen LogP contribution in [0.5, 0.6) is 0 Å². The van der Waals surface area contributed by atoms with E-state index in [1.807, 2.05) is 6.07 Å². The average molecular weight is 606 g/mol. The van der Waals surface area contributed by atoms with Crippen LogP contribution in [0.25, 0.3) is 0 Å². The van der Waals surface area contributed by atoms with Crippen molar-refractivity contribution in [3.63, 3.8) is 0 Å². The molecule has 0 aliphatic carbocycles. The summed E-state index contributed by atoms with van der Waals surface area (Å²) < 4.78 is 0. The summed E-state index contributed by atoms with van der Waals surface area (Å²) >= 11 is 0. The predicted molar refractivity (Wildman–Crippen MR) is 164 cm³/mol. The first-order valence-electron chi connectivity index (χ1n) is 14.1. The highest BCUT2D eigenvalue weighted by Crippen LogP contribution is 2.09. The zero-order valence-electron chi connectivity index (χ0n) is 24.2. The number of aliphatic carboxylic acids is 1. The molecule has 2 aromatic carbocycles. The van der Waals surface area contributed by atoms with Crippen LogP contribution in [-0.4, -0.2) is 75.4 Å². The first-order valence-corrected chi connectivity index (χ1v) is 14.1. The van der Waals surface area contributed by atoms with Crippen LogP contribution in [0.15, 0.2) is 78.2 Å². The number of carboxylic acid groups (broad SMARTS) is 1. The van der Waals surface area contributed by atoms with Gasteiger partial charge in [-0.05, 0) is 24.0 Å². The maximum Gasteiger partial charge on any atom is 0.326 e. The third kappa shape index (κ3) is 11.2. The molecule has 4 unspecified atom stereocenters.